The Bertz CT molecular complexity index is 202. The lowest BCUT2D eigenvalue weighted by Crippen LogP contribution is -2.52. The minimum absolute atomic E-state index is 0.565. The number of rotatable bonds is 4. The molecule has 1 fully saturated rings. The van der Waals surface area contributed by atoms with E-state index in [1.807, 2.05) is 0 Å². The molecule has 0 amide bonds. The monoisotopic (exact) mass is 196 g/mol. The Balaban J connectivity index is 2.36. The van der Waals surface area contributed by atoms with E-state index in [0.29, 0.717) is 18.0 Å². The molecule has 2 nitrogen and oxygen atoms in total. The number of hydrogen-bond donors (Lipinski definition) is 0. The summed E-state index contributed by atoms with van der Waals surface area (Å²) in [5, 5.41) is 0. The van der Waals surface area contributed by atoms with Crippen LogP contribution in [-0.2, 0) is 0 Å². The fourth-order valence-corrected chi connectivity index (χ4v) is 1.76. The summed E-state index contributed by atoms with van der Waals surface area (Å²) in [6.45, 7) is 15.5. The molecule has 0 aliphatic carbocycles. The lowest BCUT2D eigenvalue weighted by molar-refractivity contribution is 0.0697. The second-order valence-electron chi connectivity index (χ2n) is 4.94. The van der Waals surface area contributed by atoms with Gasteiger partial charge >= 0.3 is 0 Å². The van der Waals surface area contributed by atoms with Crippen molar-refractivity contribution in [2.45, 2.75) is 39.8 Å². The molecule has 2 heteroatoms. The van der Waals surface area contributed by atoms with Crippen molar-refractivity contribution in [2.75, 3.05) is 20.1 Å². The van der Waals surface area contributed by atoms with Crippen molar-refractivity contribution in [1.29, 1.82) is 0 Å². The third kappa shape index (κ3) is 2.30. The highest BCUT2D eigenvalue weighted by atomic mass is 15.2. The van der Waals surface area contributed by atoms with Gasteiger partial charge in [0, 0.05) is 43.8 Å². The highest BCUT2D eigenvalue weighted by Crippen LogP contribution is 2.26. The molecule has 0 aromatic heterocycles. The first-order valence-corrected chi connectivity index (χ1v) is 5.59. The first-order valence-electron chi connectivity index (χ1n) is 5.59. The first-order chi connectivity index (χ1) is 6.43. The third-order valence-electron chi connectivity index (χ3n) is 3.34. The molecular weight excluding hydrogens is 172 g/mol. The van der Waals surface area contributed by atoms with Crippen molar-refractivity contribution in [1.82, 2.24) is 9.80 Å². The molecule has 0 atom stereocenters. The zero-order valence-corrected chi connectivity index (χ0v) is 10.2. The van der Waals surface area contributed by atoms with E-state index in [2.05, 4.69) is 51.1 Å². The van der Waals surface area contributed by atoms with Crippen molar-refractivity contribution in [3.63, 3.8) is 0 Å². The summed E-state index contributed by atoms with van der Waals surface area (Å²) in [6, 6.07) is 1.25. The molecule has 0 bridgehead atoms. The Kier molecular flexibility index (Phi) is 3.59. The van der Waals surface area contributed by atoms with Crippen LogP contribution in [0.3, 0.4) is 0 Å². The quantitative estimate of drug-likeness (QED) is 0.680. The number of nitrogens with zero attached hydrogens (tertiary/aromatic N) is 2. The lowest BCUT2D eigenvalue weighted by Gasteiger charge is -2.45. The van der Waals surface area contributed by atoms with E-state index >= 15 is 0 Å². The van der Waals surface area contributed by atoms with E-state index in [-0.39, 0.29) is 0 Å². The summed E-state index contributed by atoms with van der Waals surface area (Å²) >= 11 is 0. The standard InChI is InChI=1S/C12H24N2/c1-9(2)13(6)11(5)12-7-14(8-12)10(3)4/h9-10,12H,5,7-8H2,1-4,6H3. The Hall–Kier alpha value is -0.500. The van der Waals surface area contributed by atoms with Gasteiger partial charge in [0.15, 0.2) is 0 Å². The minimum atomic E-state index is 0.565. The molecule has 0 spiro atoms. The van der Waals surface area contributed by atoms with Gasteiger partial charge in [-0.2, -0.15) is 0 Å². The van der Waals surface area contributed by atoms with Gasteiger partial charge in [-0.15, -0.1) is 0 Å². The van der Waals surface area contributed by atoms with E-state index in [1.54, 1.807) is 0 Å². The van der Waals surface area contributed by atoms with Crippen LogP contribution in [0.2, 0.25) is 0 Å². The number of likely N-dealkylation sites (tertiary alicyclic amines) is 1. The van der Waals surface area contributed by atoms with Crippen molar-refractivity contribution in [3.8, 4) is 0 Å². The van der Waals surface area contributed by atoms with Gasteiger partial charge in [-0.1, -0.05) is 6.58 Å². The van der Waals surface area contributed by atoms with Crippen molar-refractivity contribution < 1.29 is 0 Å². The summed E-state index contributed by atoms with van der Waals surface area (Å²) in [7, 11) is 2.14. The molecule has 14 heavy (non-hydrogen) atoms. The summed E-state index contributed by atoms with van der Waals surface area (Å²) in [5.74, 6) is 0.685. The Morgan fingerprint density at radius 2 is 1.79 bits per heavy atom. The average Bonchev–Trinajstić information content (AvgIpc) is 1.98. The molecule has 82 valence electrons. The van der Waals surface area contributed by atoms with Crippen LogP contribution in [0.4, 0.5) is 0 Å². The van der Waals surface area contributed by atoms with Gasteiger partial charge in [0.25, 0.3) is 0 Å². The molecule has 0 aromatic rings. The van der Waals surface area contributed by atoms with Crippen LogP contribution in [0.15, 0.2) is 12.3 Å². The maximum atomic E-state index is 4.19. The third-order valence-corrected chi connectivity index (χ3v) is 3.34. The molecule has 0 N–H and O–H groups in total. The summed E-state index contributed by atoms with van der Waals surface area (Å²) in [4.78, 5) is 4.78. The Morgan fingerprint density at radius 3 is 2.14 bits per heavy atom. The van der Waals surface area contributed by atoms with Gasteiger partial charge in [-0.25, -0.2) is 0 Å². The largest absolute Gasteiger partial charge is 0.376 e. The fourth-order valence-electron chi connectivity index (χ4n) is 1.76. The number of hydrogen-bond acceptors (Lipinski definition) is 2. The zero-order valence-electron chi connectivity index (χ0n) is 10.2. The van der Waals surface area contributed by atoms with E-state index in [9.17, 15) is 0 Å². The molecule has 1 rings (SSSR count). The van der Waals surface area contributed by atoms with Gasteiger partial charge in [0.05, 0.1) is 0 Å². The minimum Gasteiger partial charge on any atom is -0.376 e. The molecular formula is C12H24N2. The van der Waals surface area contributed by atoms with Crippen LogP contribution < -0.4 is 0 Å². The maximum absolute atomic E-state index is 4.19. The molecule has 1 aliphatic rings. The molecule has 1 heterocycles. The highest BCUT2D eigenvalue weighted by Gasteiger charge is 2.31. The van der Waals surface area contributed by atoms with Crippen LogP contribution in [0.5, 0.6) is 0 Å². The van der Waals surface area contributed by atoms with E-state index in [4.69, 9.17) is 0 Å². The second-order valence-corrected chi connectivity index (χ2v) is 4.94. The van der Waals surface area contributed by atoms with Gasteiger partial charge < -0.3 is 4.90 Å². The fraction of sp³-hybridized carbons (Fsp3) is 0.833. The molecule has 0 unspecified atom stereocenters. The SMILES string of the molecule is C=C(C1CN(C(C)C)C1)N(C)C(C)C. The molecule has 1 saturated heterocycles. The molecule has 0 radical (unpaired) electrons. The van der Waals surface area contributed by atoms with Gasteiger partial charge in [0.1, 0.15) is 0 Å². The van der Waals surface area contributed by atoms with E-state index in [1.165, 1.54) is 18.8 Å². The lowest BCUT2D eigenvalue weighted by atomic mass is 9.94. The van der Waals surface area contributed by atoms with Crippen LogP contribution >= 0.6 is 0 Å². The summed E-state index contributed by atoms with van der Waals surface area (Å²) in [5.41, 5.74) is 1.30. The van der Waals surface area contributed by atoms with Gasteiger partial charge in [-0.3, -0.25) is 4.90 Å². The normalized spacial score (nSPS) is 18.8. The van der Waals surface area contributed by atoms with E-state index in [0.717, 1.165) is 0 Å². The Morgan fingerprint density at radius 1 is 1.29 bits per heavy atom. The van der Waals surface area contributed by atoms with Crippen molar-refractivity contribution in [2.24, 2.45) is 5.92 Å². The first kappa shape index (κ1) is 11.6. The highest BCUT2D eigenvalue weighted by molar-refractivity contribution is 5.07. The van der Waals surface area contributed by atoms with E-state index < -0.39 is 0 Å². The van der Waals surface area contributed by atoms with Crippen LogP contribution in [0, 0.1) is 5.92 Å². The topological polar surface area (TPSA) is 6.48 Å². The Labute approximate surface area is 88.6 Å². The smallest absolute Gasteiger partial charge is 0.0238 e. The predicted octanol–water partition coefficient (Wildman–Crippen LogP) is 2.18. The van der Waals surface area contributed by atoms with Gasteiger partial charge in [0.2, 0.25) is 0 Å². The predicted molar refractivity (Wildman–Crippen MR) is 62.2 cm³/mol. The molecule has 1 aliphatic heterocycles. The van der Waals surface area contributed by atoms with Crippen molar-refractivity contribution >= 4 is 0 Å². The van der Waals surface area contributed by atoms with Crippen LogP contribution in [-0.4, -0.2) is 42.0 Å². The molecule has 0 aromatic carbocycles. The molecule has 0 saturated carbocycles. The average molecular weight is 196 g/mol. The van der Waals surface area contributed by atoms with Gasteiger partial charge in [-0.05, 0) is 27.7 Å². The maximum Gasteiger partial charge on any atom is 0.0238 e. The zero-order chi connectivity index (χ0) is 10.9. The summed E-state index contributed by atoms with van der Waals surface area (Å²) < 4.78 is 0. The second kappa shape index (κ2) is 4.35. The van der Waals surface area contributed by atoms with Crippen molar-refractivity contribution in [3.05, 3.63) is 12.3 Å². The summed E-state index contributed by atoms with van der Waals surface area (Å²) in [6.07, 6.45) is 0. The van der Waals surface area contributed by atoms with Crippen LogP contribution in [0.25, 0.3) is 0 Å². The van der Waals surface area contributed by atoms with Crippen LogP contribution in [0.1, 0.15) is 27.7 Å².